The van der Waals surface area contributed by atoms with Crippen molar-refractivity contribution in [3.63, 3.8) is 0 Å². The predicted molar refractivity (Wildman–Crippen MR) is 77.4 cm³/mol. The first-order valence-electron chi connectivity index (χ1n) is 6.68. The first kappa shape index (κ1) is 14.5. The van der Waals surface area contributed by atoms with Crippen molar-refractivity contribution in [2.75, 3.05) is 0 Å². The fraction of sp³-hybridized carbons (Fsp3) is 0.312. The second-order valence-corrected chi connectivity index (χ2v) is 4.96. The summed E-state index contributed by atoms with van der Waals surface area (Å²) >= 11 is 0. The Kier molecular flexibility index (Phi) is 4.69. The van der Waals surface area contributed by atoms with Gasteiger partial charge >= 0.3 is 0 Å². The van der Waals surface area contributed by atoms with Gasteiger partial charge in [0.1, 0.15) is 0 Å². The van der Waals surface area contributed by atoms with Crippen LogP contribution in [0.25, 0.3) is 0 Å². The molecule has 1 N–H and O–H groups in total. The number of hydrogen-bond donors (Lipinski definition) is 1. The summed E-state index contributed by atoms with van der Waals surface area (Å²) in [5.41, 5.74) is 1.99. The Hall–Kier alpha value is -1.94. The largest absolute Gasteiger partial charge is 0.436 e. The molecule has 0 unspecified atom stereocenters. The Bertz CT molecular complexity index is 584. The second kappa shape index (κ2) is 6.48. The fourth-order valence-corrected chi connectivity index (χ4v) is 1.76. The maximum atomic E-state index is 13.5. The van der Waals surface area contributed by atoms with E-state index in [-0.39, 0.29) is 5.75 Å². The minimum Gasteiger partial charge on any atom is -0.436 e. The summed E-state index contributed by atoms with van der Waals surface area (Å²) in [4.78, 5) is 4.36. The van der Waals surface area contributed by atoms with E-state index in [1.54, 1.807) is 24.3 Å². The SMILES string of the molecule is Cc1nc(Oc2ccccc2F)ccc1CNC(C)C. The van der Waals surface area contributed by atoms with Gasteiger partial charge in [-0.05, 0) is 24.6 Å². The highest BCUT2D eigenvalue weighted by atomic mass is 19.1. The molecule has 0 amide bonds. The average molecular weight is 274 g/mol. The third-order valence-electron chi connectivity index (χ3n) is 2.92. The van der Waals surface area contributed by atoms with E-state index < -0.39 is 5.82 Å². The van der Waals surface area contributed by atoms with Crippen molar-refractivity contribution >= 4 is 0 Å². The topological polar surface area (TPSA) is 34.1 Å². The van der Waals surface area contributed by atoms with Crippen LogP contribution in [0, 0.1) is 12.7 Å². The zero-order valence-electron chi connectivity index (χ0n) is 12.0. The third kappa shape index (κ3) is 3.78. The summed E-state index contributed by atoms with van der Waals surface area (Å²) in [6.45, 7) is 6.87. The molecule has 3 nitrogen and oxygen atoms in total. The van der Waals surface area contributed by atoms with Gasteiger partial charge in [-0.3, -0.25) is 0 Å². The van der Waals surface area contributed by atoms with Gasteiger partial charge in [0, 0.05) is 24.3 Å². The number of benzene rings is 1. The van der Waals surface area contributed by atoms with Gasteiger partial charge in [-0.15, -0.1) is 0 Å². The van der Waals surface area contributed by atoms with Gasteiger partial charge in [-0.1, -0.05) is 32.0 Å². The average Bonchev–Trinajstić information content (AvgIpc) is 2.40. The van der Waals surface area contributed by atoms with Crippen LogP contribution in [0.5, 0.6) is 11.6 Å². The summed E-state index contributed by atoms with van der Waals surface area (Å²) < 4.78 is 19.0. The molecular weight excluding hydrogens is 255 g/mol. The molecular formula is C16H19FN2O. The van der Waals surface area contributed by atoms with Crippen LogP contribution in [0.4, 0.5) is 4.39 Å². The van der Waals surface area contributed by atoms with Crippen LogP contribution < -0.4 is 10.1 Å². The first-order chi connectivity index (χ1) is 9.56. The number of pyridine rings is 1. The molecule has 0 radical (unpaired) electrons. The van der Waals surface area contributed by atoms with Crippen molar-refractivity contribution in [1.29, 1.82) is 0 Å². The number of aromatic nitrogens is 1. The molecule has 0 fully saturated rings. The maximum absolute atomic E-state index is 13.5. The van der Waals surface area contributed by atoms with Gasteiger partial charge in [0.2, 0.25) is 5.88 Å². The monoisotopic (exact) mass is 274 g/mol. The molecule has 0 aliphatic rings. The van der Waals surface area contributed by atoms with Gasteiger partial charge in [0.05, 0.1) is 0 Å². The van der Waals surface area contributed by atoms with Crippen molar-refractivity contribution in [2.45, 2.75) is 33.4 Å². The molecule has 20 heavy (non-hydrogen) atoms. The summed E-state index contributed by atoms with van der Waals surface area (Å²) in [5.74, 6) is 0.200. The number of halogens is 1. The predicted octanol–water partition coefficient (Wildman–Crippen LogP) is 3.82. The number of ether oxygens (including phenoxy) is 1. The maximum Gasteiger partial charge on any atom is 0.219 e. The van der Waals surface area contributed by atoms with E-state index in [4.69, 9.17) is 4.74 Å². The smallest absolute Gasteiger partial charge is 0.219 e. The number of nitrogens with zero attached hydrogens (tertiary/aromatic N) is 1. The van der Waals surface area contributed by atoms with Crippen molar-refractivity contribution in [3.8, 4) is 11.6 Å². The Balaban J connectivity index is 2.11. The number of rotatable bonds is 5. The van der Waals surface area contributed by atoms with Crippen LogP contribution in [0.15, 0.2) is 36.4 Å². The highest BCUT2D eigenvalue weighted by molar-refractivity contribution is 5.31. The van der Waals surface area contributed by atoms with Gasteiger partial charge in [-0.2, -0.15) is 0 Å². The molecule has 0 spiro atoms. The number of para-hydroxylation sites is 1. The first-order valence-corrected chi connectivity index (χ1v) is 6.68. The molecule has 0 bridgehead atoms. The van der Waals surface area contributed by atoms with Crippen molar-refractivity contribution in [2.24, 2.45) is 0 Å². The summed E-state index contributed by atoms with van der Waals surface area (Å²) in [5, 5.41) is 3.34. The minimum atomic E-state index is -0.391. The number of hydrogen-bond acceptors (Lipinski definition) is 3. The van der Waals surface area contributed by atoms with E-state index in [9.17, 15) is 4.39 Å². The third-order valence-corrected chi connectivity index (χ3v) is 2.92. The molecule has 4 heteroatoms. The van der Waals surface area contributed by atoms with Crippen LogP contribution in [0.3, 0.4) is 0 Å². The number of aryl methyl sites for hydroxylation is 1. The zero-order chi connectivity index (χ0) is 14.5. The van der Waals surface area contributed by atoms with E-state index in [1.807, 2.05) is 13.0 Å². The van der Waals surface area contributed by atoms with Crippen LogP contribution in [0.2, 0.25) is 0 Å². The molecule has 106 valence electrons. The molecule has 1 heterocycles. The quantitative estimate of drug-likeness (QED) is 0.900. The van der Waals surface area contributed by atoms with E-state index in [2.05, 4.69) is 24.1 Å². The Morgan fingerprint density at radius 3 is 2.60 bits per heavy atom. The molecule has 0 saturated heterocycles. The van der Waals surface area contributed by atoms with E-state index >= 15 is 0 Å². The molecule has 1 aromatic heterocycles. The molecule has 0 atom stereocenters. The van der Waals surface area contributed by atoms with E-state index in [0.717, 1.165) is 17.8 Å². The molecule has 2 aromatic rings. The van der Waals surface area contributed by atoms with Gasteiger partial charge < -0.3 is 10.1 Å². The molecule has 2 rings (SSSR count). The zero-order valence-corrected chi connectivity index (χ0v) is 12.0. The normalized spacial score (nSPS) is 10.8. The lowest BCUT2D eigenvalue weighted by Crippen LogP contribution is -2.22. The Labute approximate surface area is 118 Å². The second-order valence-electron chi connectivity index (χ2n) is 4.96. The van der Waals surface area contributed by atoms with Crippen molar-refractivity contribution in [1.82, 2.24) is 10.3 Å². The lowest BCUT2D eigenvalue weighted by Gasteiger charge is -2.11. The van der Waals surface area contributed by atoms with Gasteiger partial charge in [0.25, 0.3) is 0 Å². The molecule has 0 aliphatic carbocycles. The minimum absolute atomic E-state index is 0.187. The van der Waals surface area contributed by atoms with E-state index in [0.29, 0.717) is 11.9 Å². The Morgan fingerprint density at radius 2 is 1.95 bits per heavy atom. The van der Waals surface area contributed by atoms with Gasteiger partial charge in [-0.25, -0.2) is 9.37 Å². The number of nitrogens with one attached hydrogen (secondary N) is 1. The van der Waals surface area contributed by atoms with Crippen molar-refractivity contribution in [3.05, 3.63) is 53.5 Å². The highest BCUT2D eigenvalue weighted by Gasteiger charge is 2.07. The van der Waals surface area contributed by atoms with Crippen LogP contribution in [-0.4, -0.2) is 11.0 Å². The van der Waals surface area contributed by atoms with Crippen LogP contribution in [-0.2, 0) is 6.54 Å². The molecule has 0 aliphatic heterocycles. The van der Waals surface area contributed by atoms with E-state index in [1.165, 1.54) is 6.07 Å². The van der Waals surface area contributed by atoms with Crippen LogP contribution >= 0.6 is 0 Å². The summed E-state index contributed by atoms with van der Waals surface area (Å²) in [6, 6.07) is 10.4. The fourth-order valence-electron chi connectivity index (χ4n) is 1.76. The standard InChI is InChI=1S/C16H19FN2O/c1-11(2)18-10-13-8-9-16(19-12(13)3)20-15-7-5-4-6-14(15)17/h4-9,11,18H,10H2,1-3H3. The summed E-state index contributed by atoms with van der Waals surface area (Å²) in [6.07, 6.45) is 0. The molecule has 0 saturated carbocycles. The van der Waals surface area contributed by atoms with Crippen molar-refractivity contribution < 1.29 is 9.13 Å². The highest BCUT2D eigenvalue weighted by Crippen LogP contribution is 2.23. The van der Waals surface area contributed by atoms with Gasteiger partial charge in [0.15, 0.2) is 11.6 Å². The van der Waals surface area contributed by atoms with Crippen LogP contribution in [0.1, 0.15) is 25.1 Å². The summed E-state index contributed by atoms with van der Waals surface area (Å²) in [7, 11) is 0. The lowest BCUT2D eigenvalue weighted by molar-refractivity contribution is 0.426. The lowest BCUT2D eigenvalue weighted by atomic mass is 10.2. The Morgan fingerprint density at radius 1 is 1.20 bits per heavy atom. The molecule has 1 aromatic carbocycles.